The van der Waals surface area contributed by atoms with Gasteiger partial charge in [-0.15, -0.1) is 0 Å². The summed E-state index contributed by atoms with van der Waals surface area (Å²) in [6.45, 7) is 3.83. The Hall–Kier alpha value is -4.25. The summed E-state index contributed by atoms with van der Waals surface area (Å²) in [5.41, 5.74) is 5.44. The van der Waals surface area contributed by atoms with E-state index in [1.807, 2.05) is 53.6 Å². The van der Waals surface area contributed by atoms with Gasteiger partial charge in [-0.1, -0.05) is 29.8 Å². The van der Waals surface area contributed by atoms with Gasteiger partial charge in [-0.05, 0) is 80.2 Å². The molecular formula is C30H28ClN5O4S. The number of carbonyl (C=O) groups excluding carboxylic acids is 1. The SMILES string of the molecule is COCC(=O)Nc1ccc(N2C(=S)N[C@@H](c3ccccn3)[C@H]2c2cc(C)n(-c3ccccc3C(=O)O)c2C)cc1Cl. The van der Waals surface area contributed by atoms with E-state index < -0.39 is 5.97 Å². The molecule has 3 N–H and O–H groups in total. The first-order chi connectivity index (χ1) is 19.7. The number of hydrogen-bond acceptors (Lipinski definition) is 5. The number of aryl methyl sites for hydroxylation is 1. The molecule has 9 nitrogen and oxygen atoms in total. The molecule has 41 heavy (non-hydrogen) atoms. The fourth-order valence-electron chi connectivity index (χ4n) is 5.33. The van der Waals surface area contributed by atoms with Gasteiger partial charge < -0.3 is 29.9 Å². The Labute approximate surface area is 247 Å². The minimum absolute atomic E-state index is 0.0906. The lowest BCUT2D eigenvalue weighted by Crippen LogP contribution is -2.29. The van der Waals surface area contributed by atoms with Gasteiger partial charge >= 0.3 is 5.97 Å². The molecule has 0 unspecified atom stereocenters. The molecule has 0 bridgehead atoms. The summed E-state index contributed by atoms with van der Waals surface area (Å²) in [7, 11) is 1.45. The molecule has 1 aliphatic heterocycles. The van der Waals surface area contributed by atoms with E-state index in [2.05, 4.69) is 21.7 Å². The first-order valence-corrected chi connectivity index (χ1v) is 13.6. The summed E-state index contributed by atoms with van der Waals surface area (Å²) in [5, 5.41) is 16.9. The number of benzene rings is 2. The van der Waals surface area contributed by atoms with Gasteiger partial charge in [0.2, 0.25) is 5.91 Å². The zero-order valence-corrected chi connectivity index (χ0v) is 24.2. The predicted molar refractivity (Wildman–Crippen MR) is 162 cm³/mol. The van der Waals surface area contributed by atoms with Crippen LogP contribution in [-0.4, -0.2) is 45.4 Å². The molecule has 11 heteroatoms. The van der Waals surface area contributed by atoms with E-state index in [1.54, 1.807) is 36.5 Å². The van der Waals surface area contributed by atoms with Gasteiger partial charge in [0.15, 0.2) is 5.11 Å². The van der Waals surface area contributed by atoms with Crippen molar-refractivity contribution < 1.29 is 19.4 Å². The number of carbonyl (C=O) groups is 2. The number of aromatic carboxylic acids is 1. The van der Waals surface area contributed by atoms with E-state index in [0.29, 0.717) is 21.5 Å². The van der Waals surface area contributed by atoms with Crippen LogP contribution in [0.2, 0.25) is 5.02 Å². The molecule has 210 valence electrons. The maximum Gasteiger partial charge on any atom is 0.337 e. The average molecular weight is 590 g/mol. The predicted octanol–water partition coefficient (Wildman–Crippen LogP) is 5.60. The standard InChI is InChI=1S/C30H28ClN5O4S/c1-17-14-21(18(2)35(17)25-10-5-4-8-20(25)29(38)39)28-27(24-9-6-7-13-32-24)34-30(41)36(28)19-11-12-23(22(31)15-19)33-26(37)16-40-3/h4-15,27-28H,16H2,1-3H3,(H,33,37)(H,34,41)(H,38,39)/t27-,28+/m0/s1. The van der Waals surface area contributed by atoms with Crippen molar-refractivity contribution in [1.29, 1.82) is 0 Å². The number of anilines is 2. The number of pyridine rings is 1. The smallest absolute Gasteiger partial charge is 0.337 e. The third kappa shape index (κ3) is 5.41. The minimum atomic E-state index is -1.00. The first-order valence-electron chi connectivity index (χ1n) is 12.8. The van der Waals surface area contributed by atoms with Crippen LogP contribution in [0.25, 0.3) is 5.69 Å². The van der Waals surface area contributed by atoms with Crippen LogP contribution in [0.3, 0.4) is 0 Å². The number of para-hydroxylation sites is 1. The highest BCUT2D eigenvalue weighted by atomic mass is 35.5. The van der Waals surface area contributed by atoms with E-state index >= 15 is 0 Å². The Kier molecular flexibility index (Phi) is 8.07. The van der Waals surface area contributed by atoms with Gasteiger partial charge in [-0.3, -0.25) is 9.78 Å². The van der Waals surface area contributed by atoms with Crippen molar-refractivity contribution in [2.24, 2.45) is 0 Å². The number of carboxylic acid groups (broad SMARTS) is 1. The molecule has 1 saturated heterocycles. The second-order valence-corrected chi connectivity index (χ2v) is 10.4. The highest BCUT2D eigenvalue weighted by Crippen LogP contribution is 2.45. The first kappa shape index (κ1) is 28.3. The van der Waals surface area contributed by atoms with Gasteiger partial charge in [0.1, 0.15) is 6.61 Å². The van der Waals surface area contributed by atoms with Crippen molar-refractivity contribution in [2.45, 2.75) is 25.9 Å². The summed E-state index contributed by atoms with van der Waals surface area (Å²) in [6.07, 6.45) is 1.74. The number of rotatable bonds is 8. The van der Waals surface area contributed by atoms with Crippen LogP contribution in [-0.2, 0) is 9.53 Å². The number of aromatic nitrogens is 2. The zero-order chi connectivity index (χ0) is 29.3. The number of nitrogens with one attached hydrogen (secondary N) is 2. The molecule has 1 amide bonds. The van der Waals surface area contributed by atoms with Crippen molar-refractivity contribution in [3.63, 3.8) is 0 Å². The number of ether oxygens (including phenoxy) is 1. The van der Waals surface area contributed by atoms with Crippen LogP contribution in [0, 0.1) is 13.8 Å². The van der Waals surface area contributed by atoms with Gasteiger partial charge in [0, 0.05) is 30.4 Å². The summed E-state index contributed by atoms with van der Waals surface area (Å²) in [5.74, 6) is -1.32. The highest BCUT2D eigenvalue weighted by Gasteiger charge is 2.42. The second-order valence-electron chi connectivity index (χ2n) is 9.63. The van der Waals surface area contributed by atoms with Crippen LogP contribution >= 0.6 is 23.8 Å². The molecule has 2 aromatic heterocycles. The zero-order valence-electron chi connectivity index (χ0n) is 22.6. The van der Waals surface area contributed by atoms with E-state index in [-0.39, 0.29) is 30.2 Å². The number of thiocarbonyl (C=S) groups is 1. The Bertz CT molecular complexity index is 1640. The summed E-state index contributed by atoms with van der Waals surface area (Å²) >= 11 is 12.5. The summed E-state index contributed by atoms with van der Waals surface area (Å²) in [6, 6.07) is 19.4. The largest absolute Gasteiger partial charge is 0.478 e. The van der Waals surface area contributed by atoms with Crippen LogP contribution in [0.4, 0.5) is 11.4 Å². The molecular weight excluding hydrogens is 562 g/mol. The highest BCUT2D eigenvalue weighted by molar-refractivity contribution is 7.80. The number of hydrogen-bond donors (Lipinski definition) is 3. The van der Waals surface area contributed by atoms with Gasteiger partial charge in [0.25, 0.3) is 0 Å². The lowest BCUT2D eigenvalue weighted by molar-refractivity contribution is -0.119. The number of nitrogens with zero attached hydrogens (tertiary/aromatic N) is 3. The Morgan fingerprint density at radius 3 is 2.56 bits per heavy atom. The minimum Gasteiger partial charge on any atom is -0.478 e. The van der Waals surface area contributed by atoms with Crippen LogP contribution in [0.1, 0.15) is 45.1 Å². The van der Waals surface area contributed by atoms with Crippen molar-refractivity contribution in [2.75, 3.05) is 23.9 Å². The molecule has 0 radical (unpaired) electrons. The third-order valence-electron chi connectivity index (χ3n) is 7.04. The van der Waals surface area contributed by atoms with Crippen LogP contribution in [0.5, 0.6) is 0 Å². The van der Waals surface area contributed by atoms with Crippen molar-refractivity contribution in [3.8, 4) is 5.69 Å². The molecule has 4 aromatic rings. The molecule has 2 aromatic carbocycles. The maximum absolute atomic E-state index is 12.1. The summed E-state index contributed by atoms with van der Waals surface area (Å²) in [4.78, 5) is 30.7. The van der Waals surface area contributed by atoms with Crippen molar-refractivity contribution in [1.82, 2.24) is 14.9 Å². The number of halogens is 1. The quantitative estimate of drug-likeness (QED) is 0.228. The summed E-state index contributed by atoms with van der Waals surface area (Å²) < 4.78 is 6.85. The van der Waals surface area contributed by atoms with Crippen LogP contribution in [0.15, 0.2) is 72.9 Å². The molecule has 1 fully saturated rings. The number of amides is 1. The molecule has 1 aliphatic rings. The fourth-order valence-corrected chi connectivity index (χ4v) is 5.90. The van der Waals surface area contributed by atoms with E-state index in [9.17, 15) is 14.7 Å². The fraction of sp³-hybridized carbons (Fsp3) is 0.200. The number of methoxy groups -OCH3 is 1. The Morgan fingerprint density at radius 2 is 1.88 bits per heavy atom. The van der Waals surface area contributed by atoms with E-state index in [4.69, 9.17) is 28.6 Å². The second kappa shape index (κ2) is 11.7. The normalized spacial score (nSPS) is 16.5. The number of carboxylic acids is 1. The average Bonchev–Trinajstić information content (AvgIpc) is 3.45. The lowest BCUT2D eigenvalue weighted by Gasteiger charge is -2.28. The molecule has 3 heterocycles. The Balaban J connectivity index is 1.63. The van der Waals surface area contributed by atoms with Crippen molar-refractivity contribution >= 4 is 52.2 Å². The topological polar surface area (TPSA) is 109 Å². The van der Waals surface area contributed by atoms with Gasteiger partial charge in [0.05, 0.1) is 39.7 Å². The van der Waals surface area contributed by atoms with E-state index in [0.717, 1.165) is 28.3 Å². The lowest BCUT2D eigenvalue weighted by atomic mass is 9.96. The van der Waals surface area contributed by atoms with Crippen molar-refractivity contribution in [3.05, 3.63) is 106 Å². The van der Waals surface area contributed by atoms with E-state index in [1.165, 1.54) is 7.11 Å². The third-order valence-corrected chi connectivity index (χ3v) is 7.67. The van der Waals surface area contributed by atoms with Gasteiger partial charge in [-0.25, -0.2) is 4.79 Å². The molecule has 5 rings (SSSR count). The molecule has 0 spiro atoms. The maximum atomic E-state index is 12.1. The monoisotopic (exact) mass is 589 g/mol. The molecule has 0 aliphatic carbocycles. The van der Waals surface area contributed by atoms with Gasteiger partial charge in [-0.2, -0.15) is 0 Å². The Morgan fingerprint density at radius 1 is 1.12 bits per heavy atom. The molecule has 2 atom stereocenters. The van der Waals surface area contributed by atoms with Crippen LogP contribution < -0.4 is 15.5 Å². The molecule has 0 saturated carbocycles.